The van der Waals surface area contributed by atoms with Gasteiger partial charge in [0, 0.05) is 25.9 Å². The van der Waals surface area contributed by atoms with Crippen LogP contribution in [-0.2, 0) is 9.57 Å². The minimum Gasteiger partial charge on any atom is -0.490 e. The SMILES string of the molecule is Cc1cc(OC2CCN(OC(=O)OC(C)(C)C)CC2)ccc1C#N. The Bertz CT molecular complexity index is 623. The maximum Gasteiger partial charge on any atom is 0.528 e. The van der Waals surface area contributed by atoms with Crippen molar-refractivity contribution in [2.45, 2.75) is 52.2 Å². The zero-order valence-electron chi connectivity index (χ0n) is 14.7. The average Bonchev–Trinajstić information content (AvgIpc) is 2.47. The van der Waals surface area contributed by atoms with Gasteiger partial charge in [-0.2, -0.15) is 5.26 Å². The fourth-order valence-electron chi connectivity index (χ4n) is 2.44. The van der Waals surface area contributed by atoms with Crippen molar-refractivity contribution < 1.29 is 19.1 Å². The number of hydrogen-bond acceptors (Lipinski definition) is 6. The molecule has 1 heterocycles. The Hall–Kier alpha value is -2.26. The van der Waals surface area contributed by atoms with Gasteiger partial charge in [0.1, 0.15) is 17.5 Å². The Morgan fingerprint density at radius 3 is 2.50 bits per heavy atom. The lowest BCUT2D eigenvalue weighted by atomic mass is 10.1. The maximum absolute atomic E-state index is 11.7. The summed E-state index contributed by atoms with van der Waals surface area (Å²) < 4.78 is 11.1. The lowest BCUT2D eigenvalue weighted by Crippen LogP contribution is -2.40. The van der Waals surface area contributed by atoms with E-state index in [1.807, 2.05) is 19.1 Å². The fraction of sp³-hybridized carbons (Fsp3) is 0.556. The minimum absolute atomic E-state index is 0.0656. The van der Waals surface area contributed by atoms with Crippen molar-refractivity contribution in [2.75, 3.05) is 13.1 Å². The number of carbonyl (C=O) groups excluding carboxylic acids is 1. The second-order valence-electron chi connectivity index (χ2n) is 6.89. The summed E-state index contributed by atoms with van der Waals surface area (Å²) in [4.78, 5) is 16.8. The molecule has 130 valence electrons. The van der Waals surface area contributed by atoms with Crippen molar-refractivity contribution >= 4 is 6.16 Å². The highest BCUT2D eigenvalue weighted by atomic mass is 16.8. The third-order valence-corrected chi connectivity index (χ3v) is 3.62. The molecular formula is C18H24N2O4. The van der Waals surface area contributed by atoms with Crippen LogP contribution in [0.5, 0.6) is 5.75 Å². The number of nitriles is 1. The quantitative estimate of drug-likeness (QED) is 0.788. The van der Waals surface area contributed by atoms with Crippen molar-refractivity contribution in [3.8, 4) is 11.8 Å². The van der Waals surface area contributed by atoms with E-state index in [2.05, 4.69) is 6.07 Å². The molecule has 0 aliphatic carbocycles. The molecule has 6 nitrogen and oxygen atoms in total. The standard InChI is InChI=1S/C18H24N2O4/c1-13-11-16(6-5-14(13)12-19)22-15-7-9-20(10-8-15)24-17(21)23-18(2,3)4/h5-6,11,15H,7-10H2,1-4H3. The van der Waals surface area contributed by atoms with Gasteiger partial charge in [-0.05, 0) is 51.5 Å². The fourth-order valence-corrected chi connectivity index (χ4v) is 2.44. The van der Waals surface area contributed by atoms with Crippen LogP contribution in [0.4, 0.5) is 4.79 Å². The first-order valence-electron chi connectivity index (χ1n) is 8.10. The van der Waals surface area contributed by atoms with Crippen LogP contribution in [0.1, 0.15) is 44.7 Å². The van der Waals surface area contributed by atoms with E-state index < -0.39 is 11.8 Å². The van der Waals surface area contributed by atoms with E-state index in [4.69, 9.17) is 19.6 Å². The van der Waals surface area contributed by atoms with E-state index in [1.165, 1.54) is 0 Å². The highest BCUT2D eigenvalue weighted by Gasteiger charge is 2.25. The first-order valence-corrected chi connectivity index (χ1v) is 8.10. The molecule has 1 aromatic rings. The molecule has 6 heteroatoms. The number of nitrogens with zero attached hydrogens (tertiary/aromatic N) is 2. The van der Waals surface area contributed by atoms with Gasteiger partial charge in [-0.25, -0.2) is 4.79 Å². The van der Waals surface area contributed by atoms with Gasteiger partial charge in [-0.15, -0.1) is 5.06 Å². The van der Waals surface area contributed by atoms with Gasteiger partial charge in [0.2, 0.25) is 0 Å². The first kappa shape index (κ1) is 18.1. The molecule has 0 amide bonds. The molecular weight excluding hydrogens is 308 g/mol. The van der Waals surface area contributed by atoms with Gasteiger partial charge in [0.15, 0.2) is 0 Å². The van der Waals surface area contributed by atoms with E-state index in [1.54, 1.807) is 31.9 Å². The zero-order valence-corrected chi connectivity index (χ0v) is 14.7. The average molecular weight is 332 g/mol. The number of rotatable bonds is 3. The number of piperidine rings is 1. The molecule has 0 aromatic heterocycles. The van der Waals surface area contributed by atoms with E-state index in [9.17, 15) is 4.79 Å². The van der Waals surface area contributed by atoms with E-state index in [0.29, 0.717) is 18.7 Å². The summed E-state index contributed by atoms with van der Waals surface area (Å²) in [6, 6.07) is 7.60. The van der Waals surface area contributed by atoms with Crippen LogP contribution < -0.4 is 4.74 Å². The molecule has 1 fully saturated rings. The molecule has 1 aliphatic rings. The van der Waals surface area contributed by atoms with Crippen molar-refractivity contribution in [1.82, 2.24) is 5.06 Å². The third kappa shape index (κ3) is 5.43. The topological polar surface area (TPSA) is 71.8 Å². The summed E-state index contributed by atoms with van der Waals surface area (Å²) in [5.74, 6) is 0.762. The largest absolute Gasteiger partial charge is 0.528 e. The predicted octanol–water partition coefficient (Wildman–Crippen LogP) is 3.58. The molecule has 0 spiro atoms. The lowest BCUT2D eigenvalue weighted by Gasteiger charge is -2.31. The first-order chi connectivity index (χ1) is 11.3. The van der Waals surface area contributed by atoms with Crippen molar-refractivity contribution in [1.29, 1.82) is 5.26 Å². The molecule has 2 rings (SSSR count). The Morgan fingerprint density at radius 1 is 1.29 bits per heavy atom. The van der Waals surface area contributed by atoms with Gasteiger partial charge >= 0.3 is 6.16 Å². The monoisotopic (exact) mass is 332 g/mol. The summed E-state index contributed by atoms with van der Waals surface area (Å²) in [7, 11) is 0. The molecule has 1 aromatic carbocycles. The van der Waals surface area contributed by atoms with Crippen LogP contribution in [0, 0.1) is 18.3 Å². The smallest absolute Gasteiger partial charge is 0.490 e. The Kier molecular flexibility index (Phi) is 5.68. The van der Waals surface area contributed by atoms with E-state index in [-0.39, 0.29) is 6.10 Å². The molecule has 0 radical (unpaired) electrons. The highest BCUT2D eigenvalue weighted by molar-refractivity contribution is 5.60. The molecule has 0 atom stereocenters. The summed E-state index contributed by atoms with van der Waals surface area (Å²) in [5.41, 5.74) is 0.995. The molecule has 0 unspecified atom stereocenters. The minimum atomic E-state index is -0.676. The van der Waals surface area contributed by atoms with Crippen LogP contribution in [-0.4, -0.2) is 36.0 Å². The summed E-state index contributed by atoms with van der Waals surface area (Å²) >= 11 is 0. The van der Waals surface area contributed by atoms with E-state index in [0.717, 1.165) is 24.2 Å². The van der Waals surface area contributed by atoms with Crippen LogP contribution in [0.15, 0.2) is 18.2 Å². The van der Waals surface area contributed by atoms with Crippen molar-refractivity contribution in [2.24, 2.45) is 0 Å². The third-order valence-electron chi connectivity index (χ3n) is 3.62. The van der Waals surface area contributed by atoms with Crippen LogP contribution in [0.25, 0.3) is 0 Å². The van der Waals surface area contributed by atoms with Crippen LogP contribution in [0.2, 0.25) is 0 Å². The maximum atomic E-state index is 11.7. The Morgan fingerprint density at radius 2 is 1.96 bits per heavy atom. The van der Waals surface area contributed by atoms with Gasteiger partial charge in [-0.1, -0.05) is 0 Å². The van der Waals surface area contributed by atoms with Crippen LogP contribution in [0.3, 0.4) is 0 Å². The lowest BCUT2D eigenvalue weighted by molar-refractivity contribution is -0.158. The Balaban J connectivity index is 1.80. The van der Waals surface area contributed by atoms with Gasteiger partial charge in [0.25, 0.3) is 0 Å². The second kappa shape index (κ2) is 7.54. The molecule has 24 heavy (non-hydrogen) atoms. The molecule has 1 saturated heterocycles. The van der Waals surface area contributed by atoms with Gasteiger partial charge in [0.05, 0.1) is 11.6 Å². The number of aryl methyl sites for hydroxylation is 1. The van der Waals surface area contributed by atoms with Crippen molar-refractivity contribution in [3.63, 3.8) is 0 Å². The molecule has 0 N–H and O–H groups in total. The Labute approximate surface area is 142 Å². The highest BCUT2D eigenvalue weighted by Crippen LogP contribution is 2.22. The normalized spacial score (nSPS) is 16.3. The molecule has 0 bridgehead atoms. The van der Waals surface area contributed by atoms with Crippen molar-refractivity contribution in [3.05, 3.63) is 29.3 Å². The summed E-state index contributed by atoms with van der Waals surface area (Å²) in [5, 5.41) is 10.6. The summed E-state index contributed by atoms with van der Waals surface area (Å²) in [6.07, 6.45) is 0.893. The zero-order chi connectivity index (χ0) is 17.7. The van der Waals surface area contributed by atoms with Crippen LogP contribution >= 0.6 is 0 Å². The number of carbonyl (C=O) groups is 1. The van der Waals surface area contributed by atoms with E-state index >= 15 is 0 Å². The molecule has 0 saturated carbocycles. The molecule has 1 aliphatic heterocycles. The predicted molar refractivity (Wildman–Crippen MR) is 88.4 cm³/mol. The second-order valence-corrected chi connectivity index (χ2v) is 6.89. The number of benzene rings is 1. The van der Waals surface area contributed by atoms with Gasteiger partial charge < -0.3 is 14.3 Å². The summed E-state index contributed by atoms with van der Waals surface area (Å²) in [6.45, 7) is 8.48. The number of ether oxygens (including phenoxy) is 2. The van der Waals surface area contributed by atoms with Gasteiger partial charge in [-0.3, -0.25) is 0 Å². The number of hydroxylamine groups is 2. The number of hydrogen-bond donors (Lipinski definition) is 0.